The van der Waals surface area contributed by atoms with Crippen LogP contribution in [-0.4, -0.2) is 5.38 Å². The third-order valence-corrected chi connectivity index (χ3v) is 2.90. The highest BCUT2D eigenvalue weighted by Crippen LogP contribution is 2.25. The summed E-state index contributed by atoms with van der Waals surface area (Å²) in [5, 5.41) is 0.168. The Morgan fingerprint density at radius 3 is 2.47 bits per heavy atom. The first-order valence-corrected chi connectivity index (χ1v) is 5.84. The van der Waals surface area contributed by atoms with Gasteiger partial charge in [0.05, 0.1) is 0 Å². The molecule has 2 heteroatoms. The molecule has 0 heterocycles. The van der Waals surface area contributed by atoms with Crippen molar-refractivity contribution in [2.75, 3.05) is 0 Å². The first-order chi connectivity index (χ1) is 7.00. The quantitative estimate of drug-likeness (QED) is 0.659. The second-order valence-corrected chi connectivity index (χ2v) is 5.03. The van der Waals surface area contributed by atoms with Gasteiger partial charge in [0.1, 0.15) is 5.82 Å². The monoisotopic (exact) mass is 228 g/mol. The van der Waals surface area contributed by atoms with Gasteiger partial charge in [0.2, 0.25) is 0 Å². The SMILES string of the molecule is Cc1ccc(C(C)CCC(C)Cl)c(F)c1. The zero-order chi connectivity index (χ0) is 11.4. The summed E-state index contributed by atoms with van der Waals surface area (Å²) in [6.45, 7) is 5.92. The van der Waals surface area contributed by atoms with E-state index >= 15 is 0 Å². The van der Waals surface area contributed by atoms with Crippen LogP contribution in [0.2, 0.25) is 0 Å². The van der Waals surface area contributed by atoms with Crippen LogP contribution in [0.3, 0.4) is 0 Å². The van der Waals surface area contributed by atoms with Gasteiger partial charge in [-0.1, -0.05) is 19.1 Å². The number of hydrogen-bond acceptors (Lipinski definition) is 0. The molecule has 0 amide bonds. The van der Waals surface area contributed by atoms with Crippen molar-refractivity contribution < 1.29 is 4.39 Å². The van der Waals surface area contributed by atoms with Crippen molar-refractivity contribution in [1.29, 1.82) is 0 Å². The molecular formula is C13H18ClF. The highest BCUT2D eigenvalue weighted by atomic mass is 35.5. The smallest absolute Gasteiger partial charge is 0.126 e. The Morgan fingerprint density at radius 2 is 1.93 bits per heavy atom. The Bertz CT molecular complexity index is 320. The molecule has 84 valence electrons. The Kier molecular flexibility index (Phi) is 4.59. The van der Waals surface area contributed by atoms with E-state index < -0.39 is 0 Å². The van der Waals surface area contributed by atoms with Gasteiger partial charge >= 0.3 is 0 Å². The number of hydrogen-bond donors (Lipinski definition) is 0. The molecule has 0 saturated carbocycles. The summed E-state index contributed by atoms with van der Waals surface area (Å²) in [6, 6.07) is 5.43. The molecule has 0 bridgehead atoms. The van der Waals surface area contributed by atoms with E-state index in [1.54, 1.807) is 6.07 Å². The van der Waals surface area contributed by atoms with Crippen LogP contribution < -0.4 is 0 Å². The van der Waals surface area contributed by atoms with Crippen LogP contribution in [0.1, 0.15) is 43.7 Å². The summed E-state index contributed by atoms with van der Waals surface area (Å²) in [6.07, 6.45) is 1.86. The highest BCUT2D eigenvalue weighted by molar-refractivity contribution is 6.20. The molecule has 1 aromatic carbocycles. The topological polar surface area (TPSA) is 0 Å². The average molecular weight is 229 g/mol. The number of benzene rings is 1. The largest absolute Gasteiger partial charge is 0.207 e. The molecular weight excluding hydrogens is 211 g/mol. The fourth-order valence-corrected chi connectivity index (χ4v) is 1.79. The lowest BCUT2D eigenvalue weighted by Crippen LogP contribution is -2.01. The summed E-state index contributed by atoms with van der Waals surface area (Å²) in [5.41, 5.74) is 1.77. The zero-order valence-corrected chi connectivity index (χ0v) is 10.3. The second kappa shape index (κ2) is 5.50. The number of rotatable bonds is 4. The molecule has 15 heavy (non-hydrogen) atoms. The Balaban J connectivity index is 2.69. The molecule has 1 rings (SSSR count). The van der Waals surface area contributed by atoms with Crippen molar-refractivity contribution in [2.45, 2.75) is 44.9 Å². The predicted octanol–water partition coefficient (Wildman–Crippen LogP) is 4.65. The van der Waals surface area contributed by atoms with Crippen molar-refractivity contribution in [3.8, 4) is 0 Å². The summed E-state index contributed by atoms with van der Waals surface area (Å²) in [7, 11) is 0. The zero-order valence-electron chi connectivity index (χ0n) is 9.56. The fraction of sp³-hybridized carbons (Fsp3) is 0.538. The van der Waals surface area contributed by atoms with Gasteiger partial charge in [0.25, 0.3) is 0 Å². The van der Waals surface area contributed by atoms with Gasteiger partial charge in [0.15, 0.2) is 0 Å². The van der Waals surface area contributed by atoms with Crippen molar-refractivity contribution in [3.63, 3.8) is 0 Å². The number of alkyl halides is 1. The molecule has 2 unspecified atom stereocenters. The van der Waals surface area contributed by atoms with E-state index in [9.17, 15) is 4.39 Å². The summed E-state index contributed by atoms with van der Waals surface area (Å²) in [5.74, 6) is 0.150. The molecule has 0 spiro atoms. The van der Waals surface area contributed by atoms with Crippen LogP contribution >= 0.6 is 11.6 Å². The van der Waals surface area contributed by atoms with Crippen LogP contribution in [0.4, 0.5) is 4.39 Å². The molecule has 2 atom stereocenters. The highest BCUT2D eigenvalue weighted by Gasteiger charge is 2.11. The predicted molar refractivity (Wildman–Crippen MR) is 64.1 cm³/mol. The normalized spacial score (nSPS) is 15.0. The van der Waals surface area contributed by atoms with E-state index in [1.165, 1.54) is 0 Å². The van der Waals surface area contributed by atoms with Crippen LogP contribution in [0.15, 0.2) is 18.2 Å². The molecule has 0 saturated heterocycles. The van der Waals surface area contributed by atoms with E-state index in [4.69, 9.17) is 11.6 Å². The molecule has 0 nitrogen and oxygen atoms in total. The van der Waals surface area contributed by atoms with E-state index in [-0.39, 0.29) is 17.1 Å². The molecule has 0 aliphatic carbocycles. The third kappa shape index (κ3) is 3.83. The van der Waals surface area contributed by atoms with Crippen molar-refractivity contribution >= 4 is 11.6 Å². The minimum atomic E-state index is -0.0928. The Labute approximate surface area is 96.5 Å². The lowest BCUT2D eigenvalue weighted by atomic mass is 9.94. The maximum atomic E-state index is 13.6. The first kappa shape index (κ1) is 12.5. The Morgan fingerprint density at radius 1 is 1.27 bits per heavy atom. The van der Waals surface area contributed by atoms with Crippen LogP contribution in [0.25, 0.3) is 0 Å². The maximum Gasteiger partial charge on any atom is 0.126 e. The van der Waals surface area contributed by atoms with Gasteiger partial charge in [-0.3, -0.25) is 0 Å². The van der Waals surface area contributed by atoms with Crippen molar-refractivity contribution in [2.24, 2.45) is 0 Å². The summed E-state index contributed by atoms with van der Waals surface area (Å²) in [4.78, 5) is 0. The molecule has 0 aliphatic rings. The lowest BCUT2D eigenvalue weighted by Gasteiger charge is -2.13. The van der Waals surface area contributed by atoms with Gasteiger partial charge in [-0.25, -0.2) is 4.39 Å². The average Bonchev–Trinajstić information content (AvgIpc) is 2.14. The van der Waals surface area contributed by atoms with Crippen molar-refractivity contribution in [3.05, 3.63) is 35.1 Å². The van der Waals surface area contributed by atoms with Gasteiger partial charge < -0.3 is 0 Å². The standard InChI is InChI=1S/C13H18ClF/c1-9-4-7-12(13(15)8-9)10(2)5-6-11(3)14/h4,7-8,10-11H,5-6H2,1-3H3. The molecule has 0 aromatic heterocycles. The van der Waals surface area contributed by atoms with Gasteiger partial charge in [-0.2, -0.15) is 0 Å². The maximum absolute atomic E-state index is 13.6. The van der Waals surface area contributed by atoms with Crippen LogP contribution in [-0.2, 0) is 0 Å². The number of halogens is 2. The van der Waals surface area contributed by atoms with Crippen LogP contribution in [0.5, 0.6) is 0 Å². The fourth-order valence-electron chi connectivity index (χ4n) is 1.67. The third-order valence-electron chi connectivity index (χ3n) is 2.68. The summed E-state index contributed by atoms with van der Waals surface area (Å²) >= 11 is 5.88. The Hall–Kier alpha value is -0.560. The molecule has 0 fully saturated rings. The molecule has 0 aliphatic heterocycles. The van der Waals surface area contributed by atoms with Gasteiger partial charge in [-0.15, -0.1) is 11.6 Å². The van der Waals surface area contributed by atoms with Gasteiger partial charge in [0, 0.05) is 5.38 Å². The minimum Gasteiger partial charge on any atom is -0.207 e. The van der Waals surface area contributed by atoms with E-state index in [1.807, 2.05) is 32.9 Å². The van der Waals surface area contributed by atoms with Crippen LogP contribution in [0, 0.1) is 12.7 Å². The minimum absolute atomic E-state index is 0.0928. The molecule has 1 aromatic rings. The van der Waals surface area contributed by atoms with Gasteiger partial charge in [-0.05, 0) is 49.8 Å². The molecule has 0 N–H and O–H groups in total. The van der Waals surface area contributed by atoms with E-state index in [2.05, 4.69) is 0 Å². The van der Waals surface area contributed by atoms with Crippen molar-refractivity contribution in [1.82, 2.24) is 0 Å². The first-order valence-electron chi connectivity index (χ1n) is 5.41. The number of aryl methyl sites for hydroxylation is 1. The molecule has 0 radical (unpaired) electrons. The van der Waals surface area contributed by atoms with E-state index in [0.717, 1.165) is 24.0 Å². The summed E-state index contributed by atoms with van der Waals surface area (Å²) < 4.78 is 13.6. The van der Waals surface area contributed by atoms with E-state index in [0.29, 0.717) is 0 Å². The lowest BCUT2D eigenvalue weighted by molar-refractivity contribution is 0.560. The second-order valence-electron chi connectivity index (χ2n) is 4.28.